The molecule has 1 aromatic rings. The van der Waals surface area contributed by atoms with Crippen LogP contribution in [0.2, 0.25) is 0 Å². The van der Waals surface area contributed by atoms with Gasteiger partial charge in [0.2, 0.25) is 0 Å². The molecule has 0 aromatic heterocycles. The summed E-state index contributed by atoms with van der Waals surface area (Å²) in [5.74, 6) is 0.143. The number of benzene rings is 1. The molecule has 2 fully saturated rings. The van der Waals surface area contributed by atoms with Gasteiger partial charge in [0.25, 0.3) is 5.91 Å². The highest BCUT2D eigenvalue weighted by Crippen LogP contribution is 2.36. The van der Waals surface area contributed by atoms with Crippen LogP contribution in [0, 0.1) is 0 Å². The molecule has 0 saturated carbocycles. The Morgan fingerprint density at radius 1 is 1.33 bits per heavy atom. The fourth-order valence-corrected chi connectivity index (χ4v) is 6.67. The van der Waals surface area contributed by atoms with E-state index in [-0.39, 0.29) is 35.1 Å². The highest BCUT2D eigenvalue weighted by atomic mass is 32.2. The maximum atomic E-state index is 12.0. The molecule has 0 radical (unpaired) electrons. The van der Waals surface area contributed by atoms with Gasteiger partial charge in [-0.3, -0.25) is 4.79 Å². The molecule has 2 aliphatic heterocycles. The Hall–Kier alpha value is -1.34. The van der Waals surface area contributed by atoms with Gasteiger partial charge in [-0.15, -0.1) is 0 Å². The van der Waals surface area contributed by atoms with Crippen LogP contribution in [-0.4, -0.2) is 54.2 Å². The van der Waals surface area contributed by atoms with Crippen LogP contribution in [0.15, 0.2) is 35.3 Å². The number of nitrogens with zero attached hydrogens (tertiary/aromatic N) is 2. The Morgan fingerprint density at radius 2 is 2.05 bits per heavy atom. The minimum atomic E-state index is -2.94. The fraction of sp³-hybridized carbons (Fsp3) is 0.429. The van der Waals surface area contributed by atoms with Crippen molar-refractivity contribution in [3.63, 3.8) is 0 Å². The van der Waals surface area contributed by atoms with Gasteiger partial charge in [0.05, 0.1) is 24.0 Å². The molecular formula is C14H16N2O3S2. The first-order chi connectivity index (χ1) is 9.94. The van der Waals surface area contributed by atoms with Gasteiger partial charge in [0, 0.05) is 12.3 Å². The second-order valence-electron chi connectivity index (χ2n) is 5.36. The molecule has 5 nitrogen and oxygen atoms in total. The smallest absolute Gasteiger partial charge is 0.252 e. The molecule has 0 spiro atoms. The van der Waals surface area contributed by atoms with Gasteiger partial charge >= 0.3 is 0 Å². The van der Waals surface area contributed by atoms with Gasteiger partial charge in [0.1, 0.15) is 0 Å². The van der Waals surface area contributed by atoms with Crippen LogP contribution < -0.4 is 0 Å². The van der Waals surface area contributed by atoms with Crippen molar-refractivity contribution >= 4 is 32.7 Å². The lowest BCUT2D eigenvalue weighted by Crippen LogP contribution is -2.34. The van der Waals surface area contributed by atoms with Crippen molar-refractivity contribution in [1.29, 1.82) is 0 Å². The molecular weight excluding hydrogens is 308 g/mol. The summed E-state index contributed by atoms with van der Waals surface area (Å²) in [6.07, 6.45) is 0.270. The lowest BCUT2D eigenvalue weighted by Gasteiger charge is -2.17. The van der Waals surface area contributed by atoms with E-state index in [9.17, 15) is 13.2 Å². The molecule has 0 unspecified atom stereocenters. The van der Waals surface area contributed by atoms with Crippen molar-refractivity contribution in [3.8, 4) is 0 Å². The minimum Gasteiger partial charge on any atom is -0.349 e. The molecule has 7 heteroatoms. The average Bonchev–Trinajstić information content (AvgIpc) is 2.85. The van der Waals surface area contributed by atoms with Gasteiger partial charge in [-0.1, -0.05) is 42.1 Å². The quantitative estimate of drug-likeness (QED) is 0.810. The Labute approximate surface area is 128 Å². The van der Waals surface area contributed by atoms with Crippen LogP contribution >= 0.6 is 11.8 Å². The number of hydrogen-bond acceptors (Lipinski definition) is 4. The number of carbonyl (C=O) groups excluding carboxylic acids is 1. The van der Waals surface area contributed by atoms with Crippen LogP contribution in [-0.2, 0) is 21.1 Å². The third-order valence-electron chi connectivity index (χ3n) is 3.75. The zero-order chi connectivity index (χ0) is 15.0. The highest BCUT2D eigenvalue weighted by molar-refractivity contribution is 8.15. The van der Waals surface area contributed by atoms with E-state index in [0.717, 1.165) is 5.56 Å². The lowest BCUT2D eigenvalue weighted by atomic mass is 10.1. The number of hydrogen-bond donors (Lipinski definition) is 0. The van der Waals surface area contributed by atoms with Gasteiger partial charge in [-0.25, -0.2) is 8.42 Å². The highest BCUT2D eigenvalue weighted by Gasteiger charge is 2.47. The third kappa shape index (κ3) is 3.13. The maximum absolute atomic E-state index is 12.0. The number of thioether (sulfide) groups is 1. The summed E-state index contributed by atoms with van der Waals surface area (Å²) in [5.41, 5.74) is 0.931. The van der Waals surface area contributed by atoms with E-state index >= 15 is 0 Å². The van der Waals surface area contributed by atoms with Crippen LogP contribution in [0.25, 0.3) is 0 Å². The van der Waals surface area contributed by atoms with Crippen molar-refractivity contribution < 1.29 is 13.2 Å². The van der Waals surface area contributed by atoms with E-state index in [1.54, 1.807) is 0 Å². The molecule has 1 amide bonds. The maximum Gasteiger partial charge on any atom is 0.252 e. The molecule has 3 rings (SSSR count). The van der Waals surface area contributed by atoms with E-state index in [1.165, 1.54) is 11.8 Å². The summed E-state index contributed by atoms with van der Waals surface area (Å²) in [7, 11) is -1.13. The van der Waals surface area contributed by atoms with Gasteiger partial charge in [0.15, 0.2) is 15.0 Å². The molecule has 112 valence electrons. The number of rotatable bonds is 2. The molecule has 0 aliphatic carbocycles. The fourth-order valence-electron chi connectivity index (χ4n) is 2.65. The Kier molecular flexibility index (Phi) is 3.79. The second kappa shape index (κ2) is 5.46. The molecule has 2 atom stereocenters. The Morgan fingerprint density at radius 3 is 2.71 bits per heavy atom. The van der Waals surface area contributed by atoms with Crippen molar-refractivity contribution in [2.75, 3.05) is 18.6 Å². The van der Waals surface area contributed by atoms with Crippen LogP contribution in [0.4, 0.5) is 0 Å². The third-order valence-corrected chi connectivity index (χ3v) is 7.05. The van der Waals surface area contributed by atoms with Gasteiger partial charge in [-0.2, -0.15) is 4.99 Å². The average molecular weight is 324 g/mol. The second-order valence-corrected chi connectivity index (χ2v) is 8.72. The number of aliphatic imine (C=N–C) groups is 1. The van der Waals surface area contributed by atoms with Crippen molar-refractivity contribution in [3.05, 3.63) is 35.9 Å². The van der Waals surface area contributed by atoms with E-state index in [2.05, 4.69) is 4.99 Å². The standard InChI is InChI=1S/C14H16N2O3S2/c1-16-11-8-21(18,19)9-12(11)20-14(16)15-13(17)7-10-5-3-2-4-6-10/h2-6,11-12H,7-9H2,1H3/t11-,12-/m1/s1. The molecule has 2 heterocycles. The molecule has 0 bridgehead atoms. The summed E-state index contributed by atoms with van der Waals surface area (Å²) >= 11 is 1.41. The number of amidine groups is 1. The lowest BCUT2D eigenvalue weighted by molar-refractivity contribution is -0.117. The first-order valence-electron chi connectivity index (χ1n) is 6.70. The van der Waals surface area contributed by atoms with Crippen LogP contribution in [0.3, 0.4) is 0 Å². The molecule has 2 aliphatic rings. The van der Waals surface area contributed by atoms with E-state index < -0.39 is 9.84 Å². The van der Waals surface area contributed by atoms with Gasteiger partial charge < -0.3 is 4.90 Å². The first-order valence-corrected chi connectivity index (χ1v) is 9.40. The summed E-state index contributed by atoms with van der Waals surface area (Å²) in [6, 6.07) is 9.42. The Balaban J connectivity index is 1.70. The molecule has 1 aromatic carbocycles. The van der Waals surface area contributed by atoms with E-state index in [0.29, 0.717) is 5.17 Å². The summed E-state index contributed by atoms with van der Waals surface area (Å²) in [4.78, 5) is 18.0. The normalized spacial score (nSPS) is 28.8. The minimum absolute atomic E-state index is 0.00303. The summed E-state index contributed by atoms with van der Waals surface area (Å²) < 4.78 is 23.2. The van der Waals surface area contributed by atoms with E-state index in [4.69, 9.17) is 0 Å². The zero-order valence-corrected chi connectivity index (χ0v) is 13.2. The van der Waals surface area contributed by atoms with Crippen LogP contribution in [0.5, 0.6) is 0 Å². The Bertz CT molecular complexity index is 685. The number of amides is 1. The summed E-state index contributed by atoms with van der Waals surface area (Å²) in [5, 5.41) is 0.643. The predicted octanol–water partition coefficient (Wildman–Crippen LogP) is 0.956. The van der Waals surface area contributed by atoms with Crippen molar-refractivity contribution in [2.24, 2.45) is 4.99 Å². The molecule has 2 saturated heterocycles. The monoisotopic (exact) mass is 324 g/mol. The first kappa shape index (κ1) is 14.6. The zero-order valence-electron chi connectivity index (χ0n) is 11.6. The SMILES string of the molecule is CN1C(=NC(=O)Cc2ccccc2)S[C@@H]2CS(=O)(=O)C[C@H]21. The van der Waals surface area contributed by atoms with Crippen molar-refractivity contribution in [2.45, 2.75) is 17.7 Å². The predicted molar refractivity (Wildman–Crippen MR) is 84.2 cm³/mol. The van der Waals surface area contributed by atoms with Crippen LogP contribution in [0.1, 0.15) is 5.56 Å². The number of fused-ring (bicyclic) bond motifs is 1. The number of carbonyl (C=O) groups is 1. The largest absolute Gasteiger partial charge is 0.349 e. The van der Waals surface area contributed by atoms with Gasteiger partial charge in [-0.05, 0) is 5.56 Å². The van der Waals surface area contributed by atoms with E-state index in [1.807, 2.05) is 42.3 Å². The molecule has 21 heavy (non-hydrogen) atoms. The van der Waals surface area contributed by atoms with Crippen molar-refractivity contribution in [1.82, 2.24) is 4.90 Å². The topological polar surface area (TPSA) is 66.8 Å². The molecule has 0 N–H and O–H groups in total. The number of sulfone groups is 1. The summed E-state index contributed by atoms with van der Waals surface area (Å²) in [6.45, 7) is 0.